The summed E-state index contributed by atoms with van der Waals surface area (Å²) in [6.07, 6.45) is 4.12. The molecule has 7 nitrogen and oxygen atoms in total. The van der Waals surface area contributed by atoms with E-state index in [2.05, 4.69) is 37.2 Å². The van der Waals surface area contributed by atoms with Crippen molar-refractivity contribution in [2.45, 2.75) is 43.6 Å². The van der Waals surface area contributed by atoms with Gasteiger partial charge in [-0.2, -0.15) is 0 Å². The van der Waals surface area contributed by atoms with Crippen molar-refractivity contribution in [2.24, 2.45) is 0 Å². The van der Waals surface area contributed by atoms with E-state index in [0.717, 1.165) is 49.1 Å². The number of fused-ring (bicyclic) bond motifs is 1. The predicted octanol–water partition coefficient (Wildman–Crippen LogP) is 1.43. The van der Waals surface area contributed by atoms with Crippen molar-refractivity contribution in [1.29, 1.82) is 0 Å². The van der Waals surface area contributed by atoms with Crippen molar-refractivity contribution >= 4 is 23.6 Å². The fourth-order valence-electron chi connectivity index (χ4n) is 3.87. The first kappa shape index (κ1) is 20.0. The quantitative estimate of drug-likeness (QED) is 0.685. The van der Waals surface area contributed by atoms with E-state index in [4.69, 9.17) is 0 Å². The number of carbonyl (C=O) groups excluding carboxylic acids is 2. The zero-order valence-corrected chi connectivity index (χ0v) is 17.3. The second-order valence-corrected chi connectivity index (χ2v) is 8.53. The standard InChI is InChI=1S/C21H27N5O2S/c27-19(23-14-17-15-26-11-12-29-21(26)24-17)13-18-20(28)22-8-10-25(18)9-4-7-16-5-2-1-3-6-16/h1-3,5-6,15,18H,4,7-14H2,(H,22,28)(H,23,27). The molecule has 4 rings (SSSR count). The average Bonchev–Trinajstić information content (AvgIpc) is 3.31. The van der Waals surface area contributed by atoms with E-state index in [0.29, 0.717) is 13.1 Å². The second kappa shape index (κ2) is 9.45. The van der Waals surface area contributed by atoms with Gasteiger partial charge in [0, 0.05) is 31.6 Å². The van der Waals surface area contributed by atoms with Gasteiger partial charge in [-0.25, -0.2) is 4.98 Å². The summed E-state index contributed by atoms with van der Waals surface area (Å²) in [6, 6.07) is 9.95. The molecule has 1 atom stereocenters. The number of thioether (sulfide) groups is 1. The minimum atomic E-state index is -0.401. The predicted molar refractivity (Wildman–Crippen MR) is 113 cm³/mol. The Hall–Kier alpha value is -2.32. The summed E-state index contributed by atoms with van der Waals surface area (Å²) >= 11 is 1.74. The molecule has 0 bridgehead atoms. The average molecular weight is 414 g/mol. The van der Waals surface area contributed by atoms with E-state index in [1.807, 2.05) is 24.4 Å². The molecular weight excluding hydrogens is 386 g/mol. The summed E-state index contributed by atoms with van der Waals surface area (Å²) in [4.78, 5) is 31.6. The first-order valence-corrected chi connectivity index (χ1v) is 11.2. The van der Waals surface area contributed by atoms with Crippen LogP contribution in [0.3, 0.4) is 0 Å². The minimum Gasteiger partial charge on any atom is -0.353 e. The molecule has 1 unspecified atom stereocenters. The Labute approximate surface area is 175 Å². The lowest BCUT2D eigenvalue weighted by molar-refractivity contribution is -0.134. The van der Waals surface area contributed by atoms with Gasteiger partial charge in [-0.05, 0) is 24.9 Å². The molecule has 0 aliphatic carbocycles. The fraction of sp³-hybridized carbons (Fsp3) is 0.476. The molecule has 2 aliphatic heterocycles. The number of aromatic nitrogens is 2. The number of hydrogen-bond donors (Lipinski definition) is 2. The number of nitrogens with one attached hydrogen (secondary N) is 2. The largest absolute Gasteiger partial charge is 0.353 e. The molecule has 2 N–H and O–H groups in total. The molecule has 1 aromatic heterocycles. The number of amides is 2. The summed E-state index contributed by atoms with van der Waals surface area (Å²) in [7, 11) is 0. The van der Waals surface area contributed by atoms with Crippen molar-refractivity contribution in [3.05, 3.63) is 47.8 Å². The Morgan fingerprint density at radius 3 is 2.97 bits per heavy atom. The number of imidazole rings is 1. The van der Waals surface area contributed by atoms with Gasteiger partial charge in [0.05, 0.1) is 24.7 Å². The highest BCUT2D eigenvalue weighted by atomic mass is 32.2. The Balaban J connectivity index is 1.26. The maximum Gasteiger partial charge on any atom is 0.237 e. The fourth-order valence-corrected chi connectivity index (χ4v) is 4.83. The van der Waals surface area contributed by atoms with Gasteiger partial charge in [-0.15, -0.1) is 0 Å². The highest BCUT2D eigenvalue weighted by molar-refractivity contribution is 7.99. The van der Waals surface area contributed by atoms with Crippen molar-refractivity contribution in [3.8, 4) is 0 Å². The summed E-state index contributed by atoms with van der Waals surface area (Å²) in [6.45, 7) is 3.61. The second-order valence-electron chi connectivity index (χ2n) is 7.47. The van der Waals surface area contributed by atoms with Crippen LogP contribution in [0.25, 0.3) is 0 Å². The van der Waals surface area contributed by atoms with Crippen molar-refractivity contribution in [3.63, 3.8) is 0 Å². The normalized spacial score (nSPS) is 19.0. The molecule has 0 radical (unpaired) electrons. The van der Waals surface area contributed by atoms with E-state index in [1.54, 1.807) is 11.8 Å². The highest BCUT2D eigenvalue weighted by Gasteiger charge is 2.31. The molecule has 1 aromatic carbocycles. The first-order chi connectivity index (χ1) is 14.2. The SMILES string of the molecule is O=C(CC1C(=O)NCCN1CCCc1ccccc1)NCc1cn2c(n1)SCC2. The van der Waals surface area contributed by atoms with Gasteiger partial charge in [-0.1, -0.05) is 42.1 Å². The zero-order valence-electron chi connectivity index (χ0n) is 16.5. The number of carbonyl (C=O) groups is 2. The smallest absolute Gasteiger partial charge is 0.237 e. The molecule has 3 heterocycles. The number of benzene rings is 1. The lowest BCUT2D eigenvalue weighted by atomic mass is 10.1. The lowest BCUT2D eigenvalue weighted by Crippen LogP contribution is -2.56. The Bertz CT molecular complexity index is 833. The van der Waals surface area contributed by atoms with Crippen LogP contribution in [0.1, 0.15) is 24.1 Å². The van der Waals surface area contributed by atoms with Gasteiger partial charge >= 0.3 is 0 Å². The van der Waals surface area contributed by atoms with Crippen LogP contribution >= 0.6 is 11.8 Å². The zero-order chi connectivity index (χ0) is 20.1. The third kappa shape index (κ3) is 5.19. The van der Waals surface area contributed by atoms with Gasteiger partial charge in [0.1, 0.15) is 0 Å². The summed E-state index contributed by atoms with van der Waals surface area (Å²) in [5.41, 5.74) is 2.17. The van der Waals surface area contributed by atoms with Gasteiger partial charge in [0.15, 0.2) is 5.16 Å². The summed E-state index contributed by atoms with van der Waals surface area (Å²) in [5.74, 6) is 0.899. The van der Waals surface area contributed by atoms with E-state index >= 15 is 0 Å². The molecule has 2 aromatic rings. The molecule has 154 valence electrons. The molecule has 29 heavy (non-hydrogen) atoms. The van der Waals surface area contributed by atoms with Crippen molar-refractivity contribution in [1.82, 2.24) is 25.1 Å². The molecule has 0 spiro atoms. The molecule has 2 amide bonds. The maximum atomic E-state index is 12.5. The van der Waals surface area contributed by atoms with E-state index in [-0.39, 0.29) is 18.2 Å². The molecule has 8 heteroatoms. The van der Waals surface area contributed by atoms with Crippen LogP contribution in [-0.2, 0) is 29.1 Å². The maximum absolute atomic E-state index is 12.5. The molecule has 2 aliphatic rings. The van der Waals surface area contributed by atoms with Gasteiger partial charge in [-0.3, -0.25) is 14.5 Å². The lowest BCUT2D eigenvalue weighted by Gasteiger charge is -2.34. The van der Waals surface area contributed by atoms with Crippen LogP contribution in [0.4, 0.5) is 0 Å². The minimum absolute atomic E-state index is 0.0523. The van der Waals surface area contributed by atoms with Crippen molar-refractivity contribution < 1.29 is 9.59 Å². The van der Waals surface area contributed by atoms with Crippen LogP contribution in [-0.4, -0.2) is 57.7 Å². The Morgan fingerprint density at radius 1 is 1.28 bits per heavy atom. The van der Waals surface area contributed by atoms with Crippen LogP contribution in [0.5, 0.6) is 0 Å². The van der Waals surface area contributed by atoms with Crippen LogP contribution in [0, 0.1) is 0 Å². The Kier molecular flexibility index (Phi) is 6.51. The number of rotatable bonds is 8. The topological polar surface area (TPSA) is 79.3 Å². The van der Waals surface area contributed by atoms with E-state index < -0.39 is 6.04 Å². The van der Waals surface area contributed by atoms with Crippen LogP contribution in [0.2, 0.25) is 0 Å². The number of hydrogen-bond acceptors (Lipinski definition) is 5. The number of aryl methyl sites for hydroxylation is 2. The third-order valence-electron chi connectivity index (χ3n) is 5.39. The molecular formula is C21H27N5O2S. The first-order valence-electron chi connectivity index (χ1n) is 10.2. The molecule has 1 fully saturated rings. The number of nitrogens with zero attached hydrogens (tertiary/aromatic N) is 3. The van der Waals surface area contributed by atoms with Crippen molar-refractivity contribution in [2.75, 3.05) is 25.4 Å². The van der Waals surface area contributed by atoms with Gasteiger partial charge < -0.3 is 15.2 Å². The van der Waals surface area contributed by atoms with E-state index in [9.17, 15) is 9.59 Å². The Morgan fingerprint density at radius 2 is 2.14 bits per heavy atom. The summed E-state index contributed by atoms with van der Waals surface area (Å²) < 4.78 is 2.12. The molecule has 0 saturated carbocycles. The third-order valence-corrected chi connectivity index (χ3v) is 6.36. The highest BCUT2D eigenvalue weighted by Crippen LogP contribution is 2.24. The van der Waals surface area contributed by atoms with Crippen LogP contribution < -0.4 is 10.6 Å². The van der Waals surface area contributed by atoms with E-state index in [1.165, 1.54) is 5.56 Å². The number of piperazine rings is 1. The summed E-state index contributed by atoms with van der Waals surface area (Å²) in [5, 5.41) is 6.84. The van der Waals surface area contributed by atoms with Gasteiger partial charge in [0.25, 0.3) is 0 Å². The monoisotopic (exact) mass is 413 g/mol. The molecule has 1 saturated heterocycles. The van der Waals surface area contributed by atoms with Gasteiger partial charge in [0.2, 0.25) is 11.8 Å². The van der Waals surface area contributed by atoms with Crippen LogP contribution in [0.15, 0.2) is 41.7 Å².